The van der Waals surface area contributed by atoms with Crippen LogP contribution < -0.4 is 4.74 Å². The lowest BCUT2D eigenvalue weighted by Crippen LogP contribution is -2.43. The van der Waals surface area contributed by atoms with Gasteiger partial charge in [0.05, 0.1) is 6.04 Å². The number of para-hydroxylation sites is 1. The summed E-state index contributed by atoms with van der Waals surface area (Å²) >= 11 is 0. The first-order chi connectivity index (χ1) is 13.7. The fourth-order valence-corrected chi connectivity index (χ4v) is 2.96. The van der Waals surface area contributed by atoms with E-state index in [9.17, 15) is 0 Å². The van der Waals surface area contributed by atoms with Crippen molar-refractivity contribution in [3.63, 3.8) is 0 Å². The standard InChI is InChI=1S/C24H31NO3/c1-5-23(24(26-3)27-4)25(18-21-12-8-6-9-13-21)17-16-20(2)19-28-22-14-10-7-11-15-22/h5-16,23-24H,1,17-19H2,2-4H3/b20-16-. The number of rotatable bonds is 12. The van der Waals surface area contributed by atoms with Gasteiger partial charge in [0.1, 0.15) is 12.4 Å². The molecule has 0 amide bonds. The highest BCUT2D eigenvalue weighted by molar-refractivity contribution is 5.22. The molecule has 2 aromatic rings. The predicted molar refractivity (Wildman–Crippen MR) is 114 cm³/mol. The molecular formula is C24H31NO3. The molecule has 2 rings (SSSR count). The first-order valence-corrected chi connectivity index (χ1v) is 9.47. The number of hydrogen-bond acceptors (Lipinski definition) is 4. The third-order valence-electron chi connectivity index (χ3n) is 4.52. The largest absolute Gasteiger partial charge is 0.489 e. The number of benzene rings is 2. The van der Waals surface area contributed by atoms with Crippen molar-refractivity contribution in [2.24, 2.45) is 0 Å². The smallest absolute Gasteiger partial charge is 0.175 e. The van der Waals surface area contributed by atoms with E-state index < -0.39 is 0 Å². The van der Waals surface area contributed by atoms with Crippen LogP contribution in [-0.4, -0.2) is 44.6 Å². The minimum atomic E-state index is -0.379. The minimum Gasteiger partial charge on any atom is -0.489 e. The Bertz CT molecular complexity index is 711. The van der Waals surface area contributed by atoms with Crippen molar-refractivity contribution in [3.8, 4) is 5.75 Å². The molecule has 2 aromatic carbocycles. The van der Waals surface area contributed by atoms with Crippen LogP contribution in [0.2, 0.25) is 0 Å². The zero-order valence-corrected chi connectivity index (χ0v) is 17.1. The minimum absolute atomic E-state index is 0.0747. The molecule has 0 saturated carbocycles. The van der Waals surface area contributed by atoms with Gasteiger partial charge in [0, 0.05) is 27.3 Å². The molecule has 1 atom stereocenters. The number of hydrogen-bond donors (Lipinski definition) is 0. The van der Waals surface area contributed by atoms with Crippen LogP contribution in [0, 0.1) is 0 Å². The van der Waals surface area contributed by atoms with Crippen molar-refractivity contribution in [2.45, 2.75) is 25.8 Å². The zero-order valence-electron chi connectivity index (χ0n) is 17.1. The summed E-state index contributed by atoms with van der Waals surface area (Å²) in [5, 5.41) is 0. The second-order valence-electron chi connectivity index (χ2n) is 6.63. The van der Waals surface area contributed by atoms with Gasteiger partial charge in [-0.1, -0.05) is 60.7 Å². The van der Waals surface area contributed by atoms with Gasteiger partial charge in [-0.05, 0) is 30.2 Å². The van der Waals surface area contributed by atoms with Crippen molar-refractivity contribution in [1.29, 1.82) is 0 Å². The topological polar surface area (TPSA) is 30.9 Å². The van der Waals surface area contributed by atoms with Crippen LogP contribution in [-0.2, 0) is 16.0 Å². The molecule has 0 aliphatic carbocycles. The number of ether oxygens (including phenoxy) is 3. The molecule has 28 heavy (non-hydrogen) atoms. The molecule has 0 aliphatic rings. The molecular weight excluding hydrogens is 350 g/mol. The van der Waals surface area contributed by atoms with E-state index in [0.717, 1.165) is 24.4 Å². The third-order valence-corrected chi connectivity index (χ3v) is 4.52. The lowest BCUT2D eigenvalue weighted by Gasteiger charge is -2.33. The van der Waals surface area contributed by atoms with Crippen LogP contribution in [0.25, 0.3) is 0 Å². The number of methoxy groups -OCH3 is 2. The Morgan fingerprint density at radius 1 is 1.00 bits per heavy atom. The van der Waals surface area contributed by atoms with Crippen LogP contribution in [0.3, 0.4) is 0 Å². The molecule has 4 heteroatoms. The lowest BCUT2D eigenvalue weighted by molar-refractivity contribution is -0.135. The molecule has 0 fully saturated rings. The molecule has 0 saturated heterocycles. The van der Waals surface area contributed by atoms with Crippen LogP contribution in [0.5, 0.6) is 5.75 Å². The fourth-order valence-electron chi connectivity index (χ4n) is 2.96. The quantitative estimate of drug-likeness (QED) is 0.394. The summed E-state index contributed by atoms with van der Waals surface area (Å²) in [4.78, 5) is 2.28. The summed E-state index contributed by atoms with van der Waals surface area (Å²) in [7, 11) is 3.31. The van der Waals surface area contributed by atoms with Crippen LogP contribution in [0.15, 0.2) is 85.0 Å². The molecule has 0 aliphatic heterocycles. The van der Waals surface area contributed by atoms with E-state index in [0.29, 0.717) is 6.61 Å². The van der Waals surface area contributed by atoms with E-state index >= 15 is 0 Å². The van der Waals surface area contributed by atoms with E-state index in [4.69, 9.17) is 14.2 Å². The molecule has 0 heterocycles. The van der Waals surface area contributed by atoms with E-state index in [1.807, 2.05) is 42.5 Å². The summed E-state index contributed by atoms with van der Waals surface area (Å²) in [5.41, 5.74) is 2.39. The maximum Gasteiger partial charge on any atom is 0.175 e. The van der Waals surface area contributed by atoms with E-state index in [1.54, 1.807) is 14.2 Å². The summed E-state index contributed by atoms with van der Waals surface area (Å²) in [6.07, 6.45) is 3.69. The van der Waals surface area contributed by atoms with Crippen molar-refractivity contribution < 1.29 is 14.2 Å². The van der Waals surface area contributed by atoms with Gasteiger partial charge in [0.15, 0.2) is 6.29 Å². The molecule has 0 aromatic heterocycles. The number of nitrogens with zero attached hydrogens (tertiary/aromatic N) is 1. The molecule has 150 valence electrons. The van der Waals surface area contributed by atoms with Gasteiger partial charge >= 0.3 is 0 Å². The first-order valence-electron chi connectivity index (χ1n) is 9.47. The third kappa shape index (κ3) is 6.97. The Hall–Kier alpha value is -2.40. The molecule has 0 spiro atoms. The van der Waals surface area contributed by atoms with E-state index in [-0.39, 0.29) is 12.3 Å². The van der Waals surface area contributed by atoms with Crippen LogP contribution in [0.1, 0.15) is 12.5 Å². The fraction of sp³-hybridized carbons (Fsp3) is 0.333. The van der Waals surface area contributed by atoms with Crippen molar-refractivity contribution >= 4 is 0 Å². The summed E-state index contributed by atoms with van der Waals surface area (Å²) in [5.74, 6) is 0.874. The average molecular weight is 382 g/mol. The molecule has 0 N–H and O–H groups in total. The highest BCUT2D eigenvalue weighted by Gasteiger charge is 2.24. The van der Waals surface area contributed by atoms with Crippen LogP contribution in [0.4, 0.5) is 0 Å². The molecule has 0 bridgehead atoms. The summed E-state index contributed by atoms with van der Waals surface area (Å²) in [6.45, 7) is 8.13. The van der Waals surface area contributed by atoms with Gasteiger partial charge in [-0.2, -0.15) is 0 Å². The Morgan fingerprint density at radius 3 is 2.18 bits per heavy atom. The zero-order chi connectivity index (χ0) is 20.2. The molecule has 4 nitrogen and oxygen atoms in total. The Labute approximate surface area is 169 Å². The van der Waals surface area contributed by atoms with Crippen molar-refractivity contribution in [2.75, 3.05) is 27.4 Å². The van der Waals surface area contributed by atoms with Gasteiger partial charge in [0.2, 0.25) is 0 Å². The van der Waals surface area contributed by atoms with Gasteiger partial charge < -0.3 is 14.2 Å². The SMILES string of the molecule is C=CC(C(OC)OC)N(C/C=C(/C)COc1ccccc1)Cc1ccccc1. The van der Waals surface area contributed by atoms with Gasteiger partial charge in [-0.15, -0.1) is 6.58 Å². The highest BCUT2D eigenvalue weighted by atomic mass is 16.7. The Balaban J connectivity index is 2.07. The van der Waals surface area contributed by atoms with Crippen molar-refractivity contribution in [1.82, 2.24) is 4.90 Å². The van der Waals surface area contributed by atoms with Crippen LogP contribution >= 0.6 is 0 Å². The maximum absolute atomic E-state index is 5.84. The highest BCUT2D eigenvalue weighted by Crippen LogP contribution is 2.16. The van der Waals surface area contributed by atoms with Gasteiger partial charge in [0.25, 0.3) is 0 Å². The summed E-state index contributed by atoms with van der Waals surface area (Å²) < 4.78 is 16.8. The lowest BCUT2D eigenvalue weighted by atomic mass is 10.1. The maximum atomic E-state index is 5.84. The van der Waals surface area contributed by atoms with E-state index in [2.05, 4.69) is 48.7 Å². The Kier molecular flexibility index (Phi) is 9.49. The molecule has 0 radical (unpaired) electrons. The van der Waals surface area contributed by atoms with Gasteiger partial charge in [-0.25, -0.2) is 0 Å². The van der Waals surface area contributed by atoms with E-state index in [1.165, 1.54) is 5.56 Å². The normalized spacial score (nSPS) is 13.0. The predicted octanol–water partition coefficient (Wildman–Crippen LogP) is 4.69. The Morgan fingerprint density at radius 2 is 1.61 bits per heavy atom. The average Bonchev–Trinajstić information content (AvgIpc) is 2.75. The first kappa shape index (κ1) is 21.9. The molecule has 1 unspecified atom stereocenters. The monoisotopic (exact) mass is 381 g/mol. The summed E-state index contributed by atoms with van der Waals surface area (Å²) in [6, 6.07) is 20.1. The second kappa shape index (κ2) is 12.1. The van der Waals surface area contributed by atoms with Crippen molar-refractivity contribution in [3.05, 3.63) is 90.5 Å². The second-order valence-corrected chi connectivity index (χ2v) is 6.63. The van der Waals surface area contributed by atoms with Gasteiger partial charge in [-0.3, -0.25) is 4.90 Å².